The van der Waals surface area contributed by atoms with Crippen LogP contribution < -0.4 is 10.5 Å². The fourth-order valence-electron chi connectivity index (χ4n) is 3.78. The first-order valence-corrected chi connectivity index (χ1v) is 7.85. The third-order valence-corrected chi connectivity index (χ3v) is 4.66. The Bertz CT molecular complexity index is 460. The predicted octanol–water partition coefficient (Wildman–Crippen LogP) is 2.64. The lowest BCUT2D eigenvalue weighted by Crippen LogP contribution is -2.30. The van der Waals surface area contributed by atoms with E-state index in [1.807, 2.05) is 6.07 Å². The second-order valence-electron chi connectivity index (χ2n) is 6.67. The van der Waals surface area contributed by atoms with Crippen molar-refractivity contribution in [3.63, 3.8) is 0 Å². The topological polar surface area (TPSA) is 38.5 Å². The molecular weight excluding hydrogens is 248 g/mol. The van der Waals surface area contributed by atoms with E-state index in [2.05, 4.69) is 36.9 Å². The van der Waals surface area contributed by atoms with Gasteiger partial charge in [0, 0.05) is 25.7 Å². The van der Waals surface area contributed by atoms with Gasteiger partial charge >= 0.3 is 0 Å². The minimum atomic E-state index is 0.231. The van der Waals surface area contributed by atoms with E-state index in [1.54, 1.807) is 0 Å². The van der Waals surface area contributed by atoms with Crippen LogP contribution in [0.1, 0.15) is 32.3 Å². The Labute approximate surface area is 122 Å². The molecule has 3 nitrogen and oxygen atoms in total. The zero-order valence-electron chi connectivity index (χ0n) is 12.6. The molecule has 0 radical (unpaired) electrons. The molecule has 2 N–H and O–H groups in total. The molecule has 1 aliphatic heterocycles. The van der Waals surface area contributed by atoms with E-state index in [9.17, 15) is 0 Å². The first kappa shape index (κ1) is 13.9. The van der Waals surface area contributed by atoms with Gasteiger partial charge in [0.2, 0.25) is 0 Å². The van der Waals surface area contributed by atoms with Crippen LogP contribution in [-0.2, 0) is 6.54 Å². The Morgan fingerprint density at radius 1 is 1.30 bits per heavy atom. The highest BCUT2D eigenvalue weighted by molar-refractivity contribution is 5.28. The van der Waals surface area contributed by atoms with Gasteiger partial charge in [-0.25, -0.2) is 0 Å². The quantitative estimate of drug-likeness (QED) is 0.917. The highest BCUT2D eigenvalue weighted by Crippen LogP contribution is 2.37. The van der Waals surface area contributed by atoms with Gasteiger partial charge in [0.15, 0.2) is 0 Å². The Morgan fingerprint density at radius 3 is 2.90 bits per heavy atom. The van der Waals surface area contributed by atoms with Crippen LogP contribution >= 0.6 is 0 Å². The van der Waals surface area contributed by atoms with Crippen molar-refractivity contribution in [2.45, 2.75) is 45.4 Å². The summed E-state index contributed by atoms with van der Waals surface area (Å²) in [7, 11) is 0. The summed E-state index contributed by atoms with van der Waals surface area (Å²) in [6.07, 6.45) is 2.77. The number of benzene rings is 1. The fourth-order valence-corrected chi connectivity index (χ4v) is 3.78. The number of nitrogens with zero attached hydrogens (tertiary/aromatic N) is 1. The first-order chi connectivity index (χ1) is 9.61. The molecule has 3 rings (SSSR count). The Balaban J connectivity index is 1.61. The normalized spacial score (nSPS) is 29.9. The molecule has 1 aromatic carbocycles. The van der Waals surface area contributed by atoms with Crippen molar-refractivity contribution in [2.24, 2.45) is 17.6 Å². The van der Waals surface area contributed by atoms with Crippen LogP contribution in [0.2, 0.25) is 0 Å². The Hall–Kier alpha value is -1.06. The van der Waals surface area contributed by atoms with Crippen molar-refractivity contribution in [3.05, 3.63) is 29.8 Å². The molecule has 0 amide bonds. The summed E-state index contributed by atoms with van der Waals surface area (Å²) in [6, 6.07) is 8.93. The molecular formula is C17H26N2O. The van der Waals surface area contributed by atoms with E-state index in [1.165, 1.54) is 31.5 Å². The van der Waals surface area contributed by atoms with Gasteiger partial charge in [-0.3, -0.25) is 4.90 Å². The number of rotatable bonds is 4. The standard InChI is InChI=1S/C17H26N2O/c1-12(2)20-15-5-3-4-13(8-15)9-19-10-14-6-7-17(18)16(14)11-19/h3-5,8,12,14,16-17H,6-7,9-11,18H2,1-2H3. The van der Waals surface area contributed by atoms with Crippen molar-refractivity contribution < 1.29 is 4.74 Å². The van der Waals surface area contributed by atoms with E-state index >= 15 is 0 Å². The maximum absolute atomic E-state index is 6.21. The summed E-state index contributed by atoms with van der Waals surface area (Å²) >= 11 is 0. The van der Waals surface area contributed by atoms with Gasteiger partial charge in [-0.05, 0) is 56.2 Å². The lowest BCUT2D eigenvalue weighted by molar-refractivity contribution is 0.241. The van der Waals surface area contributed by atoms with Crippen LogP contribution in [0.5, 0.6) is 5.75 Å². The second kappa shape index (κ2) is 5.74. The molecule has 2 aliphatic rings. The first-order valence-electron chi connectivity index (χ1n) is 7.85. The van der Waals surface area contributed by atoms with E-state index in [0.717, 1.165) is 24.1 Å². The number of likely N-dealkylation sites (tertiary alicyclic amines) is 1. The summed E-state index contributed by atoms with van der Waals surface area (Å²) in [6.45, 7) is 7.54. The minimum absolute atomic E-state index is 0.231. The van der Waals surface area contributed by atoms with E-state index in [0.29, 0.717) is 6.04 Å². The number of ether oxygens (including phenoxy) is 1. The van der Waals surface area contributed by atoms with E-state index < -0.39 is 0 Å². The van der Waals surface area contributed by atoms with Crippen molar-refractivity contribution in [1.29, 1.82) is 0 Å². The van der Waals surface area contributed by atoms with Crippen molar-refractivity contribution in [2.75, 3.05) is 13.1 Å². The zero-order valence-corrected chi connectivity index (χ0v) is 12.6. The van der Waals surface area contributed by atoms with Gasteiger partial charge < -0.3 is 10.5 Å². The largest absolute Gasteiger partial charge is 0.491 e. The summed E-state index contributed by atoms with van der Waals surface area (Å²) in [5.74, 6) is 2.54. The van der Waals surface area contributed by atoms with Crippen LogP contribution in [0.3, 0.4) is 0 Å². The third-order valence-electron chi connectivity index (χ3n) is 4.66. The van der Waals surface area contributed by atoms with E-state index in [4.69, 9.17) is 10.5 Å². The summed E-state index contributed by atoms with van der Waals surface area (Å²) in [5.41, 5.74) is 7.55. The number of fused-ring (bicyclic) bond motifs is 1. The van der Waals surface area contributed by atoms with Gasteiger partial charge in [0.1, 0.15) is 5.75 Å². The molecule has 3 unspecified atom stereocenters. The molecule has 1 aromatic rings. The molecule has 0 bridgehead atoms. The van der Waals surface area contributed by atoms with E-state index in [-0.39, 0.29) is 6.10 Å². The number of nitrogens with two attached hydrogens (primary N) is 1. The van der Waals surface area contributed by atoms with Crippen molar-refractivity contribution >= 4 is 0 Å². The Morgan fingerprint density at radius 2 is 2.15 bits per heavy atom. The van der Waals surface area contributed by atoms with Crippen molar-refractivity contribution in [3.8, 4) is 5.75 Å². The highest BCUT2D eigenvalue weighted by atomic mass is 16.5. The lowest BCUT2D eigenvalue weighted by Gasteiger charge is -2.19. The fraction of sp³-hybridized carbons (Fsp3) is 0.647. The van der Waals surface area contributed by atoms with Gasteiger partial charge in [0.25, 0.3) is 0 Å². The van der Waals surface area contributed by atoms with Gasteiger partial charge in [-0.15, -0.1) is 0 Å². The molecule has 3 heteroatoms. The summed E-state index contributed by atoms with van der Waals surface area (Å²) in [5, 5.41) is 0. The highest BCUT2D eigenvalue weighted by Gasteiger charge is 2.40. The van der Waals surface area contributed by atoms with Gasteiger partial charge in [-0.2, -0.15) is 0 Å². The number of hydrogen-bond donors (Lipinski definition) is 1. The smallest absolute Gasteiger partial charge is 0.120 e. The minimum Gasteiger partial charge on any atom is -0.491 e. The molecule has 3 atom stereocenters. The lowest BCUT2D eigenvalue weighted by atomic mass is 9.98. The molecule has 110 valence electrons. The van der Waals surface area contributed by atoms with Crippen LogP contribution in [0, 0.1) is 11.8 Å². The van der Waals surface area contributed by atoms with Crippen molar-refractivity contribution in [1.82, 2.24) is 4.90 Å². The molecule has 1 heterocycles. The van der Waals surface area contributed by atoms with Crippen LogP contribution in [-0.4, -0.2) is 30.1 Å². The molecule has 20 heavy (non-hydrogen) atoms. The van der Waals surface area contributed by atoms with Crippen LogP contribution in [0.15, 0.2) is 24.3 Å². The molecule has 0 spiro atoms. The average Bonchev–Trinajstić information content (AvgIpc) is 2.92. The van der Waals surface area contributed by atoms with Crippen LogP contribution in [0.4, 0.5) is 0 Å². The molecule has 1 saturated heterocycles. The zero-order chi connectivity index (χ0) is 14.1. The summed E-state index contributed by atoms with van der Waals surface area (Å²) in [4.78, 5) is 2.56. The molecule has 1 aliphatic carbocycles. The average molecular weight is 274 g/mol. The molecule has 2 fully saturated rings. The molecule has 0 aromatic heterocycles. The van der Waals surface area contributed by atoms with Gasteiger partial charge in [-0.1, -0.05) is 12.1 Å². The maximum atomic E-state index is 6.21. The monoisotopic (exact) mass is 274 g/mol. The Kier molecular flexibility index (Phi) is 3.99. The summed E-state index contributed by atoms with van der Waals surface area (Å²) < 4.78 is 5.77. The third kappa shape index (κ3) is 2.99. The number of hydrogen-bond acceptors (Lipinski definition) is 3. The van der Waals surface area contributed by atoms with Crippen LogP contribution in [0.25, 0.3) is 0 Å². The second-order valence-corrected chi connectivity index (χ2v) is 6.67. The maximum Gasteiger partial charge on any atom is 0.120 e. The molecule has 1 saturated carbocycles. The van der Waals surface area contributed by atoms with Gasteiger partial charge in [0.05, 0.1) is 6.10 Å². The predicted molar refractivity (Wildman–Crippen MR) is 81.7 cm³/mol. The SMILES string of the molecule is CC(C)Oc1cccc(CN2CC3CCC(N)C3C2)c1.